The average molecular weight is 372 g/mol. The minimum absolute atomic E-state index is 0.0557. The fourth-order valence-corrected chi connectivity index (χ4v) is 2.79. The molecule has 2 aromatic rings. The number of aryl methyl sites for hydroxylation is 1. The van der Waals surface area contributed by atoms with Gasteiger partial charge >= 0.3 is 12.1 Å². The molecule has 27 heavy (non-hydrogen) atoms. The van der Waals surface area contributed by atoms with Crippen LogP contribution in [-0.4, -0.2) is 59.1 Å². The van der Waals surface area contributed by atoms with Crippen molar-refractivity contribution in [2.24, 2.45) is 0 Å². The zero-order chi connectivity index (χ0) is 19.2. The van der Waals surface area contributed by atoms with Crippen molar-refractivity contribution in [3.63, 3.8) is 0 Å². The number of piperazine rings is 1. The second kappa shape index (κ2) is 8.39. The van der Waals surface area contributed by atoms with Crippen molar-refractivity contribution in [3.05, 3.63) is 54.0 Å². The van der Waals surface area contributed by atoms with E-state index in [0.29, 0.717) is 38.3 Å². The molecule has 0 unspecified atom stereocenters. The van der Waals surface area contributed by atoms with E-state index in [-0.39, 0.29) is 18.1 Å². The number of carboxylic acids is 1. The van der Waals surface area contributed by atoms with Crippen molar-refractivity contribution in [2.45, 2.75) is 12.8 Å². The van der Waals surface area contributed by atoms with Gasteiger partial charge in [0.1, 0.15) is 5.75 Å². The molecule has 8 nitrogen and oxygen atoms in total. The number of benzene rings is 1. The van der Waals surface area contributed by atoms with Gasteiger partial charge in [-0.15, -0.1) is 0 Å². The Bertz CT molecular complexity index is 792. The predicted octanol–water partition coefficient (Wildman–Crippen LogP) is 2.25. The van der Waals surface area contributed by atoms with Crippen molar-refractivity contribution in [1.82, 2.24) is 9.80 Å². The molecule has 0 radical (unpaired) electrons. The largest absolute Gasteiger partial charge is 0.481 e. The van der Waals surface area contributed by atoms with Gasteiger partial charge < -0.3 is 24.1 Å². The van der Waals surface area contributed by atoms with Gasteiger partial charge in [0.05, 0.1) is 6.26 Å². The Morgan fingerprint density at radius 3 is 2.26 bits per heavy atom. The molecular formula is C19H20N2O6. The van der Waals surface area contributed by atoms with Crippen LogP contribution in [0.5, 0.6) is 5.75 Å². The fourth-order valence-electron chi connectivity index (χ4n) is 2.79. The first-order valence-electron chi connectivity index (χ1n) is 8.63. The Labute approximate surface area is 155 Å². The summed E-state index contributed by atoms with van der Waals surface area (Å²) in [6.45, 7) is 1.56. The molecule has 8 heteroatoms. The number of rotatable bonds is 5. The van der Waals surface area contributed by atoms with Crippen molar-refractivity contribution in [3.8, 4) is 5.75 Å². The molecule has 0 aliphatic carbocycles. The Kier molecular flexibility index (Phi) is 5.75. The van der Waals surface area contributed by atoms with Crippen LogP contribution in [-0.2, 0) is 11.2 Å². The van der Waals surface area contributed by atoms with Crippen LogP contribution in [0.3, 0.4) is 0 Å². The first-order chi connectivity index (χ1) is 13.0. The number of carboxylic acid groups (broad SMARTS) is 1. The van der Waals surface area contributed by atoms with Gasteiger partial charge in [0.2, 0.25) is 0 Å². The number of nitrogens with zero attached hydrogens (tertiary/aromatic N) is 2. The van der Waals surface area contributed by atoms with Crippen LogP contribution in [0.1, 0.15) is 22.5 Å². The van der Waals surface area contributed by atoms with Gasteiger partial charge in [0.15, 0.2) is 5.76 Å². The van der Waals surface area contributed by atoms with Gasteiger partial charge in [0, 0.05) is 32.6 Å². The molecule has 1 saturated heterocycles. The molecule has 0 bridgehead atoms. The lowest BCUT2D eigenvalue weighted by atomic mass is 10.1. The van der Waals surface area contributed by atoms with Gasteiger partial charge in [-0.3, -0.25) is 9.59 Å². The zero-order valence-corrected chi connectivity index (χ0v) is 14.7. The minimum Gasteiger partial charge on any atom is -0.481 e. The lowest BCUT2D eigenvalue weighted by Gasteiger charge is -2.33. The highest BCUT2D eigenvalue weighted by molar-refractivity contribution is 5.91. The lowest BCUT2D eigenvalue weighted by Crippen LogP contribution is -2.51. The van der Waals surface area contributed by atoms with E-state index in [1.54, 1.807) is 46.2 Å². The highest BCUT2D eigenvalue weighted by Gasteiger charge is 2.27. The fraction of sp³-hybridized carbons (Fsp3) is 0.316. The molecule has 1 aromatic heterocycles. The summed E-state index contributed by atoms with van der Waals surface area (Å²) in [4.78, 5) is 38.3. The summed E-state index contributed by atoms with van der Waals surface area (Å²) in [5.41, 5.74) is 0.863. The second-order valence-corrected chi connectivity index (χ2v) is 6.16. The monoisotopic (exact) mass is 372 g/mol. The maximum Gasteiger partial charge on any atom is 0.415 e. The van der Waals surface area contributed by atoms with E-state index in [4.69, 9.17) is 14.3 Å². The van der Waals surface area contributed by atoms with Crippen LogP contribution >= 0.6 is 0 Å². The summed E-state index contributed by atoms with van der Waals surface area (Å²) in [5.74, 6) is -0.359. The van der Waals surface area contributed by atoms with Crippen molar-refractivity contribution in [1.29, 1.82) is 0 Å². The van der Waals surface area contributed by atoms with Gasteiger partial charge in [-0.25, -0.2) is 4.79 Å². The van der Waals surface area contributed by atoms with Gasteiger partial charge in [-0.05, 0) is 36.2 Å². The number of carbonyl (C=O) groups excluding carboxylic acids is 2. The predicted molar refractivity (Wildman–Crippen MR) is 94.6 cm³/mol. The van der Waals surface area contributed by atoms with Crippen molar-refractivity contribution in [2.75, 3.05) is 26.2 Å². The number of aliphatic carboxylic acids is 1. The second-order valence-electron chi connectivity index (χ2n) is 6.16. The van der Waals surface area contributed by atoms with Crippen LogP contribution in [0.25, 0.3) is 0 Å². The first-order valence-corrected chi connectivity index (χ1v) is 8.63. The third-order valence-corrected chi connectivity index (χ3v) is 4.31. The maximum absolute atomic E-state index is 12.3. The molecular weight excluding hydrogens is 352 g/mol. The summed E-state index contributed by atoms with van der Waals surface area (Å²) in [6.07, 6.45) is 1.46. The third-order valence-electron chi connectivity index (χ3n) is 4.31. The molecule has 3 rings (SSSR count). The standard InChI is InChI=1S/C19H20N2O6/c22-17(23)8-5-14-3-6-15(7-4-14)27-19(25)21-11-9-20(10-12-21)18(24)16-2-1-13-26-16/h1-4,6-7,13H,5,8-12H2,(H,22,23). The lowest BCUT2D eigenvalue weighted by molar-refractivity contribution is -0.136. The molecule has 1 fully saturated rings. The number of ether oxygens (including phenoxy) is 1. The van der Waals surface area contributed by atoms with Crippen LogP contribution < -0.4 is 4.74 Å². The van der Waals surface area contributed by atoms with Gasteiger partial charge in [0.25, 0.3) is 5.91 Å². The zero-order valence-electron chi connectivity index (χ0n) is 14.7. The molecule has 1 N–H and O–H groups in total. The number of carbonyl (C=O) groups is 3. The summed E-state index contributed by atoms with van der Waals surface area (Å²) in [7, 11) is 0. The molecule has 1 aliphatic rings. The van der Waals surface area contributed by atoms with Crippen molar-refractivity contribution < 1.29 is 28.6 Å². The molecule has 142 valence electrons. The topological polar surface area (TPSA) is 100 Å². The molecule has 0 saturated carbocycles. The number of furan rings is 1. The summed E-state index contributed by atoms with van der Waals surface area (Å²) in [6, 6.07) is 10.0. The Morgan fingerprint density at radius 1 is 1.00 bits per heavy atom. The summed E-state index contributed by atoms with van der Waals surface area (Å²) < 4.78 is 10.5. The molecule has 0 spiro atoms. The van der Waals surface area contributed by atoms with Crippen LogP contribution in [0, 0.1) is 0 Å². The minimum atomic E-state index is -0.852. The van der Waals surface area contributed by atoms with E-state index in [1.807, 2.05) is 0 Å². The number of hydrogen-bond acceptors (Lipinski definition) is 5. The van der Waals surface area contributed by atoms with E-state index in [2.05, 4.69) is 0 Å². The van der Waals surface area contributed by atoms with Crippen LogP contribution in [0.2, 0.25) is 0 Å². The quantitative estimate of drug-likeness (QED) is 0.864. The first kappa shape index (κ1) is 18.5. The normalized spacial score (nSPS) is 14.1. The Hall–Kier alpha value is -3.29. The molecule has 1 aromatic carbocycles. The molecule has 0 atom stereocenters. The molecule has 2 heterocycles. The van der Waals surface area contributed by atoms with Gasteiger partial charge in [-0.2, -0.15) is 0 Å². The highest BCUT2D eigenvalue weighted by Crippen LogP contribution is 2.16. The third kappa shape index (κ3) is 4.87. The Morgan fingerprint density at radius 2 is 1.67 bits per heavy atom. The Balaban J connectivity index is 1.48. The highest BCUT2D eigenvalue weighted by atomic mass is 16.6. The van der Waals surface area contributed by atoms with E-state index in [0.717, 1.165) is 5.56 Å². The van der Waals surface area contributed by atoms with E-state index < -0.39 is 12.1 Å². The maximum atomic E-state index is 12.3. The van der Waals surface area contributed by atoms with E-state index in [9.17, 15) is 14.4 Å². The van der Waals surface area contributed by atoms with E-state index >= 15 is 0 Å². The smallest absolute Gasteiger partial charge is 0.415 e. The number of amides is 2. The van der Waals surface area contributed by atoms with Crippen LogP contribution in [0.15, 0.2) is 47.1 Å². The number of hydrogen-bond donors (Lipinski definition) is 1. The molecule has 2 amide bonds. The summed E-state index contributed by atoms with van der Waals surface area (Å²) >= 11 is 0. The average Bonchev–Trinajstić information content (AvgIpc) is 3.21. The molecule has 1 aliphatic heterocycles. The van der Waals surface area contributed by atoms with E-state index in [1.165, 1.54) is 6.26 Å². The van der Waals surface area contributed by atoms with Gasteiger partial charge in [-0.1, -0.05) is 12.1 Å². The van der Waals surface area contributed by atoms with Crippen molar-refractivity contribution >= 4 is 18.0 Å². The van der Waals surface area contributed by atoms with Crippen LogP contribution in [0.4, 0.5) is 4.79 Å². The summed E-state index contributed by atoms with van der Waals surface area (Å²) in [5, 5.41) is 8.69. The SMILES string of the molecule is O=C(O)CCc1ccc(OC(=O)N2CCN(C(=O)c3ccco3)CC2)cc1.